The number of benzene rings is 1. The number of nitrogens with zero attached hydrogens (tertiary/aromatic N) is 2. The summed E-state index contributed by atoms with van der Waals surface area (Å²) in [6, 6.07) is 8.80. The smallest absolute Gasteiger partial charge is 0.0709 e. The van der Waals surface area contributed by atoms with Gasteiger partial charge in [0.25, 0.3) is 0 Å². The van der Waals surface area contributed by atoms with E-state index in [4.69, 9.17) is 4.98 Å². The molecule has 22 heavy (non-hydrogen) atoms. The van der Waals surface area contributed by atoms with E-state index in [2.05, 4.69) is 83.1 Å². The highest BCUT2D eigenvalue weighted by atomic mass is 15.1. The molecule has 0 atom stereocenters. The van der Waals surface area contributed by atoms with Crippen LogP contribution in [0.15, 0.2) is 42.1 Å². The fourth-order valence-electron chi connectivity index (χ4n) is 2.53. The molecule has 0 fully saturated rings. The van der Waals surface area contributed by atoms with Gasteiger partial charge in [-0.05, 0) is 50.3 Å². The summed E-state index contributed by atoms with van der Waals surface area (Å²) in [5.74, 6) is 0. The highest BCUT2D eigenvalue weighted by Gasteiger charge is 2.08. The summed E-state index contributed by atoms with van der Waals surface area (Å²) in [6.45, 7) is 8.50. The molecule has 2 nitrogen and oxygen atoms in total. The lowest BCUT2D eigenvalue weighted by Crippen LogP contribution is -2.08. The lowest BCUT2D eigenvalue weighted by Gasteiger charge is -2.14. The van der Waals surface area contributed by atoms with Gasteiger partial charge in [0.2, 0.25) is 0 Å². The van der Waals surface area contributed by atoms with Gasteiger partial charge in [-0.15, -0.1) is 0 Å². The maximum absolute atomic E-state index is 4.90. The summed E-state index contributed by atoms with van der Waals surface area (Å²) < 4.78 is 0. The Morgan fingerprint density at radius 1 is 1.23 bits per heavy atom. The fourth-order valence-corrected chi connectivity index (χ4v) is 2.53. The van der Waals surface area contributed by atoms with E-state index in [1.807, 2.05) is 0 Å². The van der Waals surface area contributed by atoms with Crippen molar-refractivity contribution in [3.05, 3.63) is 59.1 Å². The molecule has 0 aliphatic rings. The van der Waals surface area contributed by atoms with Gasteiger partial charge < -0.3 is 4.90 Å². The lowest BCUT2D eigenvalue weighted by molar-refractivity contribution is 0.514. The van der Waals surface area contributed by atoms with Gasteiger partial charge in [0.15, 0.2) is 0 Å². The van der Waals surface area contributed by atoms with Crippen molar-refractivity contribution < 1.29 is 0 Å². The van der Waals surface area contributed by atoms with E-state index in [0.717, 1.165) is 12.1 Å². The molecule has 2 heteroatoms. The number of aromatic nitrogens is 1. The third-order valence-corrected chi connectivity index (χ3v) is 4.08. The van der Waals surface area contributed by atoms with Gasteiger partial charge in [0, 0.05) is 30.9 Å². The van der Waals surface area contributed by atoms with Crippen LogP contribution in [0.3, 0.4) is 0 Å². The summed E-state index contributed by atoms with van der Waals surface area (Å²) in [6.07, 6.45) is 5.28. The second-order valence-corrected chi connectivity index (χ2v) is 5.96. The minimum Gasteiger partial charge on any atom is -0.381 e. The van der Waals surface area contributed by atoms with E-state index >= 15 is 0 Å². The fraction of sp³-hybridized carbons (Fsp3) is 0.350. The summed E-state index contributed by atoms with van der Waals surface area (Å²) in [5.41, 5.74) is 5.90. The predicted molar refractivity (Wildman–Crippen MR) is 97.0 cm³/mol. The van der Waals surface area contributed by atoms with Crippen molar-refractivity contribution in [2.75, 3.05) is 14.1 Å². The Hall–Kier alpha value is -2.09. The standard InChI is InChI=1S/C20H26N2/c1-7-16(12-15(4)22(5)6)20-13-17-11-14(3)9-10-18(17)19(8-2)21-20/h7,9-13H,8H2,1-6H3/b15-12+,16-7+. The van der Waals surface area contributed by atoms with Gasteiger partial charge in [-0.25, -0.2) is 0 Å². The molecule has 1 aromatic heterocycles. The van der Waals surface area contributed by atoms with Crippen LogP contribution in [0, 0.1) is 6.92 Å². The zero-order valence-corrected chi connectivity index (χ0v) is 14.6. The topological polar surface area (TPSA) is 16.1 Å². The largest absolute Gasteiger partial charge is 0.381 e. The second kappa shape index (κ2) is 6.78. The molecular formula is C20H26N2. The molecule has 2 rings (SSSR count). The van der Waals surface area contributed by atoms with E-state index in [9.17, 15) is 0 Å². The summed E-state index contributed by atoms with van der Waals surface area (Å²) in [5, 5.41) is 2.54. The van der Waals surface area contributed by atoms with Crippen molar-refractivity contribution in [2.24, 2.45) is 0 Å². The van der Waals surface area contributed by atoms with Crippen molar-refractivity contribution in [2.45, 2.75) is 34.1 Å². The van der Waals surface area contributed by atoms with Crippen molar-refractivity contribution in [1.82, 2.24) is 9.88 Å². The van der Waals surface area contributed by atoms with E-state index in [1.165, 1.54) is 33.3 Å². The first kappa shape index (κ1) is 16.3. The van der Waals surface area contributed by atoms with Crippen molar-refractivity contribution in [3.8, 4) is 0 Å². The number of hydrogen-bond acceptors (Lipinski definition) is 2. The van der Waals surface area contributed by atoms with E-state index in [-0.39, 0.29) is 0 Å². The molecule has 0 saturated heterocycles. The zero-order valence-electron chi connectivity index (χ0n) is 14.6. The molecule has 0 aliphatic carbocycles. The van der Waals surface area contributed by atoms with Crippen LogP contribution in [-0.2, 0) is 6.42 Å². The van der Waals surface area contributed by atoms with Gasteiger partial charge in [0.1, 0.15) is 0 Å². The highest BCUT2D eigenvalue weighted by Crippen LogP contribution is 2.25. The average molecular weight is 294 g/mol. The maximum atomic E-state index is 4.90. The van der Waals surface area contributed by atoms with Crippen LogP contribution < -0.4 is 0 Å². The monoisotopic (exact) mass is 294 g/mol. The quantitative estimate of drug-likeness (QED) is 0.740. The molecule has 0 bridgehead atoms. The zero-order chi connectivity index (χ0) is 16.3. The van der Waals surface area contributed by atoms with Gasteiger partial charge in [0.05, 0.1) is 5.69 Å². The first-order chi connectivity index (χ1) is 10.5. The van der Waals surface area contributed by atoms with E-state index in [1.54, 1.807) is 0 Å². The number of fused-ring (bicyclic) bond motifs is 1. The summed E-state index contributed by atoms with van der Waals surface area (Å²) in [7, 11) is 4.13. The van der Waals surface area contributed by atoms with Crippen LogP contribution in [0.1, 0.15) is 37.7 Å². The SMILES string of the molecule is C/C=C(\C=C(/C)N(C)C)c1cc2cc(C)ccc2c(CC)n1. The minimum atomic E-state index is 0.945. The highest BCUT2D eigenvalue weighted by molar-refractivity contribution is 5.88. The van der Waals surface area contributed by atoms with Crippen molar-refractivity contribution in [1.29, 1.82) is 0 Å². The van der Waals surface area contributed by atoms with Gasteiger partial charge in [-0.3, -0.25) is 4.98 Å². The number of pyridine rings is 1. The Bertz CT molecular complexity index is 737. The summed E-state index contributed by atoms with van der Waals surface area (Å²) >= 11 is 0. The van der Waals surface area contributed by atoms with Gasteiger partial charge in [-0.2, -0.15) is 0 Å². The first-order valence-corrected chi connectivity index (χ1v) is 7.88. The molecule has 0 spiro atoms. The third kappa shape index (κ3) is 3.38. The van der Waals surface area contributed by atoms with Crippen LogP contribution >= 0.6 is 0 Å². The average Bonchev–Trinajstić information content (AvgIpc) is 2.50. The molecular weight excluding hydrogens is 268 g/mol. The van der Waals surface area contributed by atoms with Gasteiger partial charge in [-0.1, -0.05) is 36.8 Å². The summed E-state index contributed by atoms with van der Waals surface area (Å²) in [4.78, 5) is 7.02. The predicted octanol–water partition coefficient (Wildman–Crippen LogP) is 4.97. The molecule has 2 aromatic rings. The number of allylic oxidation sites excluding steroid dienone is 4. The van der Waals surface area contributed by atoms with Crippen LogP contribution in [0.5, 0.6) is 0 Å². The number of rotatable bonds is 4. The molecule has 1 aromatic carbocycles. The Morgan fingerprint density at radius 2 is 1.95 bits per heavy atom. The Kier molecular flexibility index (Phi) is 5.02. The molecule has 0 unspecified atom stereocenters. The maximum Gasteiger partial charge on any atom is 0.0709 e. The Labute approximate surface area is 134 Å². The van der Waals surface area contributed by atoms with Crippen molar-refractivity contribution in [3.63, 3.8) is 0 Å². The first-order valence-electron chi connectivity index (χ1n) is 7.88. The van der Waals surface area contributed by atoms with Crippen LogP contribution in [-0.4, -0.2) is 24.0 Å². The molecule has 0 N–H and O–H groups in total. The minimum absolute atomic E-state index is 0.945. The molecule has 1 heterocycles. The normalized spacial score (nSPS) is 12.8. The Balaban J connectivity index is 2.62. The second-order valence-electron chi connectivity index (χ2n) is 5.96. The van der Waals surface area contributed by atoms with E-state index < -0.39 is 0 Å². The lowest BCUT2D eigenvalue weighted by atomic mass is 10.0. The third-order valence-electron chi connectivity index (χ3n) is 4.08. The molecule has 0 aliphatic heterocycles. The van der Waals surface area contributed by atoms with E-state index in [0.29, 0.717) is 0 Å². The van der Waals surface area contributed by atoms with Crippen LogP contribution in [0.2, 0.25) is 0 Å². The van der Waals surface area contributed by atoms with Crippen LogP contribution in [0.25, 0.3) is 16.3 Å². The number of hydrogen-bond donors (Lipinski definition) is 0. The molecule has 0 saturated carbocycles. The van der Waals surface area contributed by atoms with Gasteiger partial charge >= 0.3 is 0 Å². The molecule has 0 amide bonds. The number of aryl methyl sites for hydroxylation is 2. The van der Waals surface area contributed by atoms with Crippen LogP contribution in [0.4, 0.5) is 0 Å². The molecule has 116 valence electrons. The molecule has 0 radical (unpaired) electrons. The van der Waals surface area contributed by atoms with Crippen molar-refractivity contribution >= 4 is 16.3 Å². The Morgan fingerprint density at radius 3 is 2.55 bits per heavy atom.